The topological polar surface area (TPSA) is 73.7 Å². The van der Waals surface area contributed by atoms with Gasteiger partial charge in [-0.15, -0.1) is 0 Å². The van der Waals surface area contributed by atoms with E-state index >= 15 is 0 Å². The Labute approximate surface area is 165 Å². The Bertz CT molecular complexity index is 795. The number of aryl methyl sites for hydroxylation is 1. The minimum absolute atomic E-state index is 0.00311. The maximum absolute atomic E-state index is 12.4. The lowest BCUT2D eigenvalue weighted by Crippen LogP contribution is -2.41. The van der Waals surface area contributed by atoms with E-state index in [1.165, 1.54) is 0 Å². The first kappa shape index (κ1) is 20.1. The van der Waals surface area contributed by atoms with E-state index < -0.39 is 0 Å². The highest BCUT2D eigenvalue weighted by atomic mass is 16.5. The Kier molecular flexibility index (Phi) is 6.81. The molecule has 0 bridgehead atoms. The van der Waals surface area contributed by atoms with Gasteiger partial charge in [-0.1, -0.05) is 30.3 Å². The average molecular weight is 385 g/mol. The third kappa shape index (κ3) is 4.98. The van der Waals surface area contributed by atoms with Gasteiger partial charge in [-0.2, -0.15) is 5.10 Å². The largest absolute Gasteiger partial charge is 0.461 e. The van der Waals surface area contributed by atoms with Crippen LogP contribution in [0.5, 0.6) is 0 Å². The molecule has 1 fully saturated rings. The Morgan fingerprint density at radius 3 is 2.57 bits per heavy atom. The van der Waals surface area contributed by atoms with Crippen molar-refractivity contribution in [2.45, 2.75) is 39.3 Å². The molecule has 2 aromatic rings. The number of piperidine rings is 1. The number of carbonyl (C=O) groups is 2. The van der Waals surface area contributed by atoms with Gasteiger partial charge in [-0.05, 0) is 38.3 Å². The van der Waals surface area contributed by atoms with Crippen LogP contribution in [0, 0.1) is 6.92 Å². The fourth-order valence-corrected chi connectivity index (χ4v) is 3.43. The summed E-state index contributed by atoms with van der Waals surface area (Å²) < 4.78 is 12.5. The molecule has 0 spiro atoms. The number of benzene rings is 1. The summed E-state index contributed by atoms with van der Waals surface area (Å²) in [7, 11) is 0. The molecular weight excluding hydrogens is 358 g/mol. The summed E-state index contributed by atoms with van der Waals surface area (Å²) in [5.41, 5.74) is 2.32. The molecule has 2 heterocycles. The predicted molar refractivity (Wildman–Crippen MR) is 104 cm³/mol. The first-order valence-electron chi connectivity index (χ1n) is 9.71. The van der Waals surface area contributed by atoms with E-state index in [1.54, 1.807) is 17.7 Å². The first-order chi connectivity index (χ1) is 13.6. The van der Waals surface area contributed by atoms with E-state index in [9.17, 15) is 9.59 Å². The molecule has 0 unspecified atom stereocenters. The highest BCUT2D eigenvalue weighted by molar-refractivity contribution is 5.87. The van der Waals surface area contributed by atoms with Crippen molar-refractivity contribution in [2.24, 2.45) is 0 Å². The van der Waals surface area contributed by atoms with Gasteiger partial charge >= 0.3 is 5.97 Å². The van der Waals surface area contributed by atoms with Gasteiger partial charge in [0.15, 0.2) is 0 Å². The van der Waals surface area contributed by atoms with E-state index in [0.29, 0.717) is 32.0 Å². The number of hydrogen-bond acceptors (Lipinski definition) is 5. The van der Waals surface area contributed by atoms with Gasteiger partial charge in [-0.25, -0.2) is 4.79 Å². The lowest BCUT2D eigenvalue weighted by Gasteiger charge is -2.32. The van der Waals surface area contributed by atoms with Crippen LogP contribution >= 0.6 is 0 Å². The van der Waals surface area contributed by atoms with Gasteiger partial charge in [0.2, 0.25) is 5.91 Å². The lowest BCUT2D eigenvalue weighted by molar-refractivity contribution is -0.137. The van der Waals surface area contributed by atoms with Crippen molar-refractivity contribution in [2.75, 3.05) is 26.3 Å². The van der Waals surface area contributed by atoms with E-state index in [1.807, 2.05) is 42.2 Å². The number of amides is 1. The fourth-order valence-electron chi connectivity index (χ4n) is 3.43. The molecule has 0 aliphatic carbocycles. The molecule has 28 heavy (non-hydrogen) atoms. The molecule has 0 atom stereocenters. The zero-order valence-electron chi connectivity index (χ0n) is 16.5. The summed E-state index contributed by atoms with van der Waals surface area (Å²) in [4.78, 5) is 26.4. The van der Waals surface area contributed by atoms with E-state index in [2.05, 4.69) is 5.10 Å². The SMILES string of the molecule is CCOC(=O)c1cc(C)nn1C1CCN(C(=O)COCc2ccccc2)CC1. The number of hydrogen-bond donors (Lipinski definition) is 0. The van der Waals surface area contributed by atoms with Gasteiger partial charge < -0.3 is 14.4 Å². The number of rotatable bonds is 7. The quantitative estimate of drug-likeness (QED) is 0.685. The van der Waals surface area contributed by atoms with Crippen LogP contribution < -0.4 is 0 Å². The van der Waals surface area contributed by atoms with Gasteiger partial charge in [0.25, 0.3) is 0 Å². The molecule has 1 aliphatic rings. The van der Waals surface area contributed by atoms with Crippen LogP contribution in [0.3, 0.4) is 0 Å². The normalized spacial score (nSPS) is 14.9. The Morgan fingerprint density at radius 2 is 1.89 bits per heavy atom. The highest BCUT2D eigenvalue weighted by Gasteiger charge is 2.27. The lowest BCUT2D eigenvalue weighted by atomic mass is 10.0. The Balaban J connectivity index is 1.50. The summed E-state index contributed by atoms with van der Waals surface area (Å²) in [5.74, 6) is -0.354. The molecule has 7 nitrogen and oxygen atoms in total. The molecule has 0 radical (unpaired) electrons. The zero-order valence-corrected chi connectivity index (χ0v) is 16.5. The minimum Gasteiger partial charge on any atom is -0.461 e. The van der Waals surface area contributed by atoms with Gasteiger partial charge in [0, 0.05) is 13.1 Å². The standard InChI is InChI=1S/C21H27N3O4/c1-3-28-21(26)19-13-16(2)22-24(19)18-9-11-23(12-10-18)20(25)15-27-14-17-7-5-4-6-8-17/h4-8,13,18H,3,9-12,14-15H2,1-2H3. The van der Waals surface area contributed by atoms with Gasteiger partial charge in [-0.3, -0.25) is 9.48 Å². The summed E-state index contributed by atoms with van der Waals surface area (Å²) in [6.07, 6.45) is 1.50. The number of carbonyl (C=O) groups excluding carboxylic acids is 2. The first-order valence-corrected chi connectivity index (χ1v) is 9.71. The van der Waals surface area contributed by atoms with Crippen molar-refractivity contribution in [3.8, 4) is 0 Å². The smallest absolute Gasteiger partial charge is 0.356 e. The van der Waals surface area contributed by atoms with Crippen LogP contribution in [-0.4, -0.2) is 52.9 Å². The monoisotopic (exact) mass is 385 g/mol. The van der Waals surface area contributed by atoms with Crippen molar-refractivity contribution in [3.05, 3.63) is 53.3 Å². The molecular formula is C21H27N3O4. The molecule has 1 aromatic carbocycles. The predicted octanol–water partition coefficient (Wildman–Crippen LogP) is 2.75. The highest BCUT2D eigenvalue weighted by Crippen LogP contribution is 2.24. The molecule has 7 heteroatoms. The molecule has 1 saturated heterocycles. The van der Waals surface area contributed by atoms with E-state index in [0.717, 1.165) is 24.1 Å². The van der Waals surface area contributed by atoms with Gasteiger partial charge in [0.1, 0.15) is 12.3 Å². The third-order valence-electron chi connectivity index (χ3n) is 4.84. The maximum Gasteiger partial charge on any atom is 0.356 e. The van der Waals surface area contributed by atoms with Crippen LogP contribution in [0.2, 0.25) is 0 Å². The minimum atomic E-state index is -0.351. The number of ether oxygens (including phenoxy) is 2. The zero-order chi connectivity index (χ0) is 19.9. The second kappa shape index (κ2) is 9.50. The molecule has 150 valence electrons. The second-order valence-corrected chi connectivity index (χ2v) is 6.93. The van der Waals surface area contributed by atoms with Crippen LogP contribution in [0.15, 0.2) is 36.4 Å². The number of likely N-dealkylation sites (tertiary alicyclic amines) is 1. The van der Waals surface area contributed by atoms with E-state index in [-0.39, 0.29) is 24.5 Å². The number of esters is 1. The Hall–Kier alpha value is -2.67. The third-order valence-corrected chi connectivity index (χ3v) is 4.84. The number of aromatic nitrogens is 2. The summed E-state index contributed by atoms with van der Waals surface area (Å²) in [6, 6.07) is 11.6. The van der Waals surface area contributed by atoms with Crippen LogP contribution in [0.4, 0.5) is 0 Å². The molecule has 0 N–H and O–H groups in total. The van der Waals surface area contributed by atoms with Crippen LogP contribution in [0.1, 0.15) is 47.6 Å². The van der Waals surface area contributed by atoms with Gasteiger partial charge in [0.05, 0.1) is 24.9 Å². The van der Waals surface area contributed by atoms with Crippen LogP contribution in [0.25, 0.3) is 0 Å². The number of nitrogens with zero attached hydrogens (tertiary/aromatic N) is 3. The van der Waals surface area contributed by atoms with Crippen molar-refractivity contribution in [1.82, 2.24) is 14.7 Å². The second-order valence-electron chi connectivity index (χ2n) is 6.93. The van der Waals surface area contributed by atoms with Crippen LogP contribution in [-0.2, 0) is 20.9 Å². The molecule has 1 aliphatic heterocycles. The average Bonchev–Trinajstić information content (AvgIpc) is 3.11. The molecule has 0 saturated carbocycles. The molecule has 1 amide bonds. The summed E-state index contributed by atoms with van der Waals surface area (Å²) in [5, 5.41) is 4.48. The van der Waals surface area contributed by atoms with E-state index in [4.69, 9.17) is 9.47 Å². The Morgan fingerprint density at radius 1 is 1.18 bits per heavy atom. The summed E-state index contributed by atoms with van der Waals surface area (Å²) >= 11 is 0. The fraction of sp³-hybridized carbons (Fsp3) is 0.476. The summed E-state index contributed by atoms with van der Waals surface area (Å²) in [6.45, 7) is 5.74. The maximum atomic E-state index is 12.4. The van der Waals surface area contributed by atoms with Crippen molar-refractivity contribution >= 4 is 11.9 Å². The molecule has 1 aromatic heterocycles. The van der Waals surface area contributed by atoms with Crippen molar-refractivity contribution < 1.29 is 19.1 Å². The van der Waals surface area contributed by atoms with Crippen molar-refractivity contribution in [1.29, 1.82) is 0 Å². The molecule has 3 rings (SSSR count). The van der Waals surface area contributed by atoms with Crippen molar-refractivity contribution in [3.63, 3.8) is 0 Å².